The van der Waals surface area contributed by atoms with Gasteiger partial charge < -0.3 is 19.7 Å². The number of carboxylic acid groups (broad SMARTS) is 1. The van der Waals surface area contributed by atoms with Crippen LogP contribution in [0.4, 0.5) is 14.9 Å². The Morgan fingerprint density at radius 3 is 2.65 bits per heavy atom. The van der Waals surface area contributed by atoms with Gasteiger partial charge in [0.1, 0.15) is 17.1 Å². The van der Waals surface area contributed by atoms with E-state index in [0.717, 1.165) is 31.7 Å². The van der Waals surface area contributed by atoms with Crippen LogP contribution in [0.25, 0.3) is 6.08 Å². The second-order valence-corrected chi connectivity index (χ2v) is 12.5. The number of benzene rings is 2. The van der Waals surface area contributed by atoms with E-state index in [1.165, 1.54) is 12.1 Å². The number of carbonyl (C=O) groups excluding carboxylic acids is 1. The number of hydrogen-bond acceptors (Lipinski definition) is 8. The number of likely N-dealkylation sites (tertiary alicyclic amines) is 1. The minimum absolute atomic E-state index is 0.0233. The number of methoxy groups -OCH3 is 1. The number of sulfonamides is 1. The molecule has 2 fully saturated rings. The Labute approximate surface area is 231 Å². The smallest absolute Gasteiger partial charge is 0.428 e. The van der Waals surface area contributed by atoms with E-state index in [9.17, 15) is 32.6 Å². The van der Waals surface area contributed by atoms with Gasteiger partial charge in [-0.3, -0.25) is 4.90 Å². The fraction of sp³-hybridized carbons (Fsp3) is 0.429. The molecule has 3 aliphatic rings. The third-order valence-corrected chi connectivity index (χ3v) is 9.54. The summed E-state index contributed by atoms with van der Waals surface area (Å²) in [5.41, 5.74) is -0.985. The monoisotopic (exact) mass is 574 g/mol. The minimum atomic E-state index is -4.79. The third kappa shape index (κ3) is 5.30. The lowest BCUT2D eigenvalue weighted by Gasteiger charge is -2.35. The molecule has 5 rings (SSSR count). The lowest BCUT2D eigenvalue weighted by Crippen LogP contribution is -2.42. The van der Waals surface area contributed by atoms with Crippen molar-refractivity contribution >= 4 is 33.8 Å². The molecule has 1 saturated heterocycles. The first-order valence-electron chi connectivity index (χ1n) is 13.0. The summed E-state index contributed by atoms with van der Waals surface area (Å²) < 4.78 is 53.1. The highest BCUT2D eigenvalue weighted by Crippen LogP contribution is 2.55. The highest BCUT2D eigenvalue weighted by Gasteiger charge is 2.47. The molecule has 2 aliphatic heterocycles. The predicted molar refractivity (Wildman–Crippen MR) is 144 cm³/mol. The van der Waals surface area contributed by atoms with Crippen LogP contribution >= 0.6 is 0 Å². The Bertz CT molecular complexity index is 1480. The van der Waals surface area contributed by atoms with Crippen molar-refractivity contribution in [1.82, 2.24) is 4.90 Å². The second-order valence-electron chi connectivity index (χ2n) is 10.7. The van der Waals surface area contributed by atoms with Crippen molar-refractivity contribution in [3.63, 3.8) is 0 Å². The molecule has 2 aromatic carbocycles. The Balaban J connectivity index is 1.53. The van der Waals surface area contributed by atoms with E-state index in [1.54, 1.807) is 19.1 Å². The molecular weight excluding hydrogens is 543 g/mol. The number of aromatic carboxylic acids is 1. The van der Waals surface area contributed by atoms with Gasteiger partial charge in [-0.15, -0.1) is 0 Å². The maximum Gasteiger partial charge on any atom is 0.428 e. The number of anilines is 1. The van der Waals surface area contributed by atoms with Crippen LogP contribution in [0, 0.1) is 11.7 Å². The molecule has 2 aromatic rings. The van der Waals surface area contributed by atoms with Gasteiger partial charge in [-0.25, -0.2) is 22.4 Å². The summed E-state index contributed by atoms with van der Waals surface area (Å²) in [6.07, 6.45) is 3.81. The number of halogens is 1. The first-order chi connectivity index (χ1) is 18.9. The number of rotatable bonds is 7. The Hall–Kier alpha value is -3.48. The van der Waals surface area contributed by atoms with E-state index in [1.807, 2.05) is 0 Å². The molecule has 1 saturated carbocycles. The average Bonchev–Trinajstić information content (AvgIpc) is 3.69. The van der Waals surface area contributed by atoms with Gasteiger partial charge in [0.2, 0.25) is 0 Å². The number of fused-ring (bicyclic) bond motifs is 3. The minimum Gasteiger partial charge on any atom is -0.492 e. The van der Waals surface area contributed by atoms with Gasteiger partial charge in [0, 0.05) is 25.6 Å². The summed E-state index contributed by atoms with van der Waals surface area (Å²) in [5, 5.41) is 20.2. The quantitative estimate of drug-likeness (QED) is 0.506. The van der Waals surface area contributed by atoms with Gasteiger partial charge in [-0.05, 0) is 67.5 Å². The molecule has 40 heavy (non-hydrogen) atoms. The molecule has 1 aliphatic carbocycles. The van der Waals surface area contributed by atoms with E-state index in [2.05, 4.69) is 4.90 Å². The molecule has 2 atom stereocenters. The Kier molecular flexibility index (Phi) is 7.36. The Morgan fingerprint density at radius 1 is 1.25 bits per heavy atom. The zero-order chi connectivity index (χ0) is 28.8. The SMILES string of the molecule is COC(=O)N(c1ccc2c(c1C(=O)O)OC[C@@H]1C[C@H]21)S(=O)(=O)c1ccc(F)cc1C=CCN1CCC(C)(O)CC1. The summed E-state index contributed by atoms with van der Waals surface area (Å²) >= 11 is 0. The molecule has 0 spiro atoms. The highest BCUT2D eigenvalue weighted by molar-refractivity contribution is 7.93. The van der Waals surface area contributed by atoms with Crippen LogP contribution in [0.2, 0.25) is 0 Å². The van der Waals surface area contributed by atoms with Crippen molar-refractivity contribution in [2.75, 3.05) is 37.7 Å². The lowest BCUT2D eigenvalue weighted by molar-refractivity contribution is -0.00242. The maximum absolute atomic E-state index is 14.3. The van der Waals surface area contributed by atoms with Crippen LogP contribution in [0.5, 0.6) is 5.75 Å². The predicted octanol–water partition coefficient (Wildman–Crippen LogP) is 3.84. The summed E-state index contributed by atoms with van der Waals surface area (Å²) in [5.74, 6) is -1.71. The Morgan fingerprint density at radius 2 is 1.98 bits per heavy atom. The number of piperidine rings is 1. The van der Waals surface area contributed by atoms with Gasteiger partial charge in [-0.1, -0.05) is 18.2 Å². The van der Waals surface area contributed by atoms with Gasteiger partial charge in [-0.2, -0.15) is 4.31 Å². The van der Waals surface area contributed by atoms with Crippen molar-refractivity contribution in [3.05, 3.63) is 58.9 Å². The standard InChI is InChI=1S/C28H31FN2O8S/c1-28(35)9-12-30(13-10-28)11-3-4-17-14-19(29)5-8-23(17)40(36,37)31(27(34)38-2)22-7-6-20-21-15-18(21)16-39-25(20)24(22)26(32)33/h3-8,14,18,21,35H,9-13,15-16H2,1-2H3,(H,32,33)/t18-,21-/m0/s1. The number of ether oxygens (including phenoxy) is 2. The van der Waals surface area contributed by atoms with E-state index in [-0.39, 0.29) is 27.5 Å². The molecule has 2 N–H and O–H groups in total. The number of carboxylic acids is 1. The van der Waals surface area contributed by atoms with E-state index < -0.39 is 49.7 Å². The average molecular weight is 575 g/mol. The number of nitrogens with zero attached hydrogens (tertiary/aromatic N) is 2. The zero-order valence-electron chi connectivity index (χ0n) is 22.2. The van der Waals surface area contributed by atoms with Crippen LogP contribution in [0.3, 0.4) is 0 Å². The van der Waals surface area contributed by atoms with Crippen molar-refractivity contribution < 1.29 is 42.1 Å². The number of carbonyl (C=O) groups is 2. The fourth-order valence-corrected chi connectivity index (χ4v) is 6.90. The van der Waals surface area contributed by atoms with Gasteiger partial charge in [0.25, 0.3) is 10.0 Å². The van der Waals surface area contributed by atoms with Gasteiger partial charge in [0.15, 0.2) is 0 Å². The van der Waals surface area contributed by atoms with E-state index in [0.29, 0.717) is 44.6 Å². The summed E-state index contributed by atoms with van der Waals surface area (Å²) in [6, 6.07) is 5.86. The lowest BCUT2D eigenvalue weighted by atomic mass is 9.94. The third-order valence-electron chi connectivity index (χ3n) is 7.79. The van der Waals surface area contributed by atoms with Crippen molar-refractivity contribution in [2.45, 2.75) is 42.6 Å². The number of aliphatic hydroxyl groups is 1. The number of amides is 1. The largest absolute Gasteiger partial charge is 0.492 e. The number of hydrogen-bond donors (Lipinski definition) is 2. The molecule has 0 aromatic heterocycles. The van der Waals surface area contributed by atoms with Crippen molar-refractivity contribution in [3.8, 4) is 5.75 Å². The molecule has 1 amide bonds. The summed E-state index contributed by atoms with van der Waals surface area (Å²) in [7, 11) is -3.81. The van der Waals surface area contributed by atoms with Crippen LogP contribution in [-0.4, -0.2) is 74.5 Å². The van der Waals surface area contributed by atoms with Crippen LogP contribution in [-0.2, 0) is 14.8 Å². The molecule has 12 heteroatoms. The normalized spacial score (nSPS) is 21.7. The molecule has 2 heterocycles. The van der Waals surface area contributed by atoms with Crippen molar-refractivity contribution in [2.24, 2.45) is 5.92 Å². The van der Waals surface area contributed by atoms with E-state index in [4.69, 9.17) is 9.47 Å². The highest BCUT2D eigenvalue weighted by atomic mass is 32.2. The van der Waals surface area contributed by atoms with Gasteiger partial charge in [0.05, 0.1) is 29.9 Å². The first kappa shape index (κ1) is 28.1. The molecule has 10 nitrogen and oxygen atoms in total. The second kappa shape index (κ2) is 10.5. The maximum atomic E-state index is 14.3. The van der Waals surface area contributed by atoms with Gasteiger partial charge >= 0.3 is 12.1 Å². The van der Waals surface area contributed by atoms with E-state index >= 15 is 0 Å². The molecule has 0 unspecified atom stereocenters. The topological polar surface area (TPSA) is 134 Å². The molecule has 0 radical (unpaired) electrons. The van der Waals surface area contributed by atoms with Crippen molar-refractivity contribution in [1.29, 1.82) is 0 Å². The summed E-state index contributed by atoms with van der Waals surface area (Å²) in [4.78, 5) is 27.0. The first-order valence-corrected chi connectivity index (χ1v) is 14.4. The fourth-order valence-electron chi connectivity index (χ4n) is 5.35. The molecule has 214 valence electrons. The zero-order valence-corrected chi connectivity index (χ0v) is 23.0. The summed E-state index contributed by atoms with van der Waals surface area (Å²) in [6.45, 7) is 3.79. The van der Waals surface area contributed by atoms with Crippen LogP contribution in [0.1, 0.15) is 53.6 Å². The van der Waals surface area contributed by atoms with Crippen LogP contribution < -0.4 is 9.04 Å². The molecule has 0 bridgehead atoms. The molecular formula is C28H31FN2O8S. The van der Waals surface area contributed by atoms with Crippen LogP contribution in [0.15, 0.2) is 41.3 Å².